The maximum absolute atomic E-state index is 8.42. The number of aliphatic hydroxyl groups excluding tert-OH is 2. The van der Waals surface area contributed by atoms with Crippen molar-refractivity contribution in [1.82, 2.24) is 0 Å². The van der Waals surface area contributed by atoms with E-state index in [-0.39, 0.29) is 0 Å². The van der Waals surface area contributed by atoms with Crippen molar-refractivity contribution < 1.29 is 10.2 Å². The minimum absolute atomic E-state index is 0.367. The Kier molecular flexibility index (Phi) is 24.9. The van der Waals surface area contributed by atoms with Gasteiger partial charge < -0.3 is 10.2 Å². The summed E-state index contributed by atoms with van der Waals surface area (Å²) < 4.78 is 0. The lowest BCUT2D eigenvalue weighted by Crippen LogP contribution is -1.82. The van der Waals surface area contributed by atoms with Gasteiger partial charge in [0.2, 0.25) is 0 Å². The third-order valence-corrected chi connectivity index (χ3v) is 3.02. The van der Waals surface area contributed by atoms with Crippen molar-refractivity contribution in [3.8, 4) is 0 Å². The molecule has 0 aromatic heterocycles. The Morgan fingerprint density at radius 2 is 0.722 bits per heavy atom. The molecule has 0 unspecified atom stereocenters. The quantitative estimate of drug-likeness (QED) is 0.500. The molecule has 2 nitrogen and oxygen atoms in total. The van der Waals surface area contributed by atoms with Gasteiger partial charge in [0, 0.05) is 13.2 Å². The minimum atomic E-state index is 0.367. The molecule has 18 heavy (non-hydrogen) atoms. The summed E-state index contributed by atoms with van der Waals surface area (Å²) >= 11 is 0. The Morgan fingerprint density at radius 1 is 0.444 bits per heavy atom. The second kappa shape index (κ2) is 22.1. The number of hydrogen-bond donors (Lipinski definition) is 2. The van der Waals surface area contributed by atoms with Crippen LogP contribution >= 0.6 is 0 Å². The zero-order valence-corrected chi connectivity index (χ0v) is 12.8. The molecule has 0 rings (SSSR count). The third kappa shape index (κ3) is 24.9. The molecular formula is C16H36O2. The normalized spacial score (nSPS) is 10.0. The van der Waals surface area contributed by atoms with Crippen LogP contribution in [0, 0.1) is 0 Å². The molecule has 0 amide bonds. The van der Waals surface area contributed by atoms with E-state index in [9.17, 15) is 0 Å². The molecule has 2 N–H and O–H groups in total. The lowest BCUT2D eigenvalue weighted by Gasteiger charge is -1.95. The van der Waals surface area contributed by atoms with Crippen molar-refractivity contribution in [2.24, 2.45) is 0 Å². The number of rotatable bonds is 12. The summed E-state index contributed by atoms with van der Waals surface area (Å²) in [5, 5.41) is 16.8. The highest BCUT2D eigenvalue weighted by Gasteiger charge is 1.87. The first kappa shape index (κ1) is 20.2. The van der Waals surface area contributed by atoms with Gasteiger partial charge in [-0.15, -0.1) is 0 Å². The first-order valence-corrected chi connectivity index (χ1v) is 8.05. The van der Waals surface area contributed by atoms with E-state index in [0.717, 1.165) is 12.8 Å². The molecule has 0 heterocycles. The van der Waals surface area contributed by atoms with Crippen molar-refractivity contribution in [2.75, 3.05) is 13.2 Å². The van der Waals surface area contributed by atoms with Crippen LogP contribution in [0.3, 0.4) is 0 Å². The summed E-state index contributed by atoms with van der Waals surface area (Å²) in [6.45, 7) is 5.16. The van der Waals surface area contributed by atoms with Crippen molar-refractivity contribution >= 4 is 0 Å². The fraction of sp³-hybridized carbons (Fsp3) is 1.00. The van der Waals surface area contributed by atoms with Gasteiger partial charge in [-0.2, -0.15) is 0 Å². The SMILES string of the molecule is CCCCCCCCO.CCCCCCCCO. The van der Waals surface area contributed by atoms with E-state index in [1.54, 1.807) is 0 Å². The number of aliphatic hydroxyl groups is 2. The highest BCUT2D eigenvalue weighted by atomic mass is 16.3. The van der Waals surface area contributed by atoms with E-state index in [0.29, 0.717) is 13.2 Å². The standard InChI is InChI=1S/2C8H18O/c2*1-2-3-4-5-6-7-8-9/h2*9H,2-8H2,1H3. The molecule has 0 aromatic carbocycles. The molecule has 0 saturated carbocycles. The summed E-state index contributed by atoms with van der Waals surface area (Å²) in [6.07, 6.45) is 15.0. The maximum Gasteiger partial charge on any atom is 0.0431 e. The molecule has 0 bridgehead atoms. The summed E-state index contributed by atoms with van der Waals surface area (Å²) in [7, 11) is 0. The molecule has 0 aliphatic rings. The molecule has 0 aliphatic heterocycles. The zero-order valence-electron chi connectivity index (χ0n) is 12.8. The van der Waals surface area contributed by atoms with Gasteiger partial charge in [0.25, 0.3) is 0 Å². The van der Waals surface area contributed by atoms with Gasteiger partial charge in [0.05, 0.1) is 0 Å². The van der Waals surface area contributed by atoms with Crippen molar-refractivity contribution in [3.63, 3.8) is 0 Å². The van der Waals surface area contributed by atoms with Crippen molar-refractivity contribution in [2.45, 2.75) is 90.9 Å². The monoisotopic (exact) mass is 260 g/mol. The van der Waals surface area contributed by atoms with E-state index in [4.69, 9.17) is 10.2 Å². The van der Waals surface area contributed by atoms with Crippen LogP contribution < -0.4 is 0 Å². The predicted molar refractivity (Wildman–Crippen MR) is 80.9 cm³/mol. The average molecular weight is 260 g/mol. The first-order valence-electron chi connectivity index (χ1n) is 8.05. The summed E-state index contributed by atoms with van der Waals surface area (Å²) in [4.78, 5) is 0. The lowest BCUT2D eigenvalue weighted by atomic mass is 10.1. The van der Waals surface area contributed by atoms with E-state index in [1.165, 1.54) is 64.2 Å². The fourth-order valence-electron chi connectivity index (χ4n) is 1.78. The van der Waals surface area contributed by atoms with Gasteiger partial charge in [0.15, 0.2) is 0 Å². The van der Waals surface area contributed by atoms with Crippen LogP contribution in [0.15, 0.2) is 0 Å². The number of unbranched alkanes of at least 4 members (excludes halogenated alkanes) is 10. The Morgan fingerprint density at radius 3 is 1.00 bits per heavy atom. The second-order valence-corrected chi connectivity index (χ2v) is 4.98. The van der Waals surface area contributed by atoms with E-state index < -0.39 is 0 Å². The van der Waals surface area contributed by atoms with Crippen LogP contribution in [0.1, 0.15) is 90.9 Å². The smallest absolute Gasteiger partial charge is 0.0431 e. The van der Waals surface area contributed by atoms with Gasteiger partial charge in [0.1, 0.15) is 0 Å². The van der Waals surface area contributed by atoms with Crippen molar-refractivity contribution in [1.29, 1.82) is 0 Å². The molecular weight excluding hydrogens is 224 g/mol. The van der Waals surface area contributed by atoms with Crippen LogP contribution in [0.25, 0.3) is 0 Å². The van der Waals surface area contributed by atoms with Gasteiger partial charge in [-0.1, -0.05) is 78.1 Å². The van der Waals surface area contributed by atoms with Crippen LogP contribution in [0.2, 0.25) is 0 Å². The highest BCUT2D eigenvalue weighted by molar-refractivity contribution is 4.42. The van der Waals surface area contributed by atoms with Gasteiger partial charge in [-0.05, 0) is 12.8 Å². The summed E-state index contributed by atoms with van der Waals surface area (Å²) in [6, 6.07) is 0. The Balaban J connectivity index is 0. The summed E-state index contributed by atoms with van der Waals surface area (Å²) in [5.41, 5.74) is 0. The third-order valence-electron chi connectivity index (χ3n) is 3.02. The first-order chi connectivity index (χ1) is 8.83. The topological polar surface area (TPSA) is 40.5 Å². The van der Waals surface area contributed by atoms with Gasteiger partial charge in [-0.25, -0.2) is 0 Å². The Bertz CT molecular complexity index is 89.7. The largest absolute Gasteiger partial charge is 0.396 e. The molecule has 2 heteroatoms. The second-order valence-electron chi connectivity index (χ2n) is 4.98. The van der Waals surface area contributed by atoms with E-state index >= 15 is 0 Å². The van der Waals surface area contributed by atoms with E-state index in [1.807, 2.05) is 0 Å². The van der Waals surface area contributed by atoms with Crippen LogP contribution in [0.5, 0.6) is 0 Å². The Labute approximate surface area is 115 Å². The summed E-state index contributed by atoms with van der Waals surface area (Å²) in [5.74, 6) is 0. The Hall–Kier alpha value is -0.0800. The number of hydrogen-bond acceptors (Lipinski definition) is 2. The lowest BCUT2D eigenvalue weighted by molar-refractivity contribution is 0.282. The van der Waals surface area contributed by atoms with Crippen LogP contribution in [0.4, 0.5) is 0 Å². The van der Waals surface area contributed by atoms with E-state index in [2.05, 4.69) is 13.8 Å². The molecule has 0 fully saturated rings. The molecule has 0 spiro atoms. The van der Waals surface area contributed by atoms with Crippen molar-refractivity contribution in [3.05, 3.63) is 0 Å². The maximum atomic E-state index is 8.42. The fourth-order valence-corrected chi connectivity index (χ4v) is 1.78. The molecule has 0 aliphatic carbocycles. The van der Waals surface area contributed by atoms with Gasteiger partial charge in [-0.3, -0.25) is 0 Å². The predicted octanol–water partition coefficient (Wildman–Crippen LogP) is 4.68. The molecule has 0 atom stereocenters. The molecule has 0 radical (unpaired) electrons. The highest BCUT2D eigenvalue weighted by Crippen LogP contribution is 2.04. The molecule has 112 valence electrons. The molecule has 0 saturated heterocycles. The average Bonchev–Trinajstić information content (AvgIpc) is 2.39. The molecule has 0 aromatic rings. The zero-order chi connectivity index (χ0) is 13.9. The van der Waals surface area contributed by atoms with Crippen LogP contribution in [-0.4, -0.2) is 23.4 Å². The minimum Gasteiger partial charge on any atom is -0.396 e. The van der Waals surface area contributed by atoms with Crippen LogP contribution in [-0.2, 0) is 0 Å². The van der Waals surface area contributed by atoms with Gasteiger partial charge >= 0.3 is 0 Å².